The summed E-state index contributed by atoms with van der Waals surface area (Å²) in [5.41, 5.74) is 5.42. The van der Waals surface area contributed by atoms with E-state index in [1.807, 2.05) is 20.8 Å². The maximum atomic E-state index is 5.70. The third kappa shape index (κ3) is 3.29. The molecule has 0 aliphatic heterocycles. The first kappa shape index (κ1) is 11.0. The van der Waals surface area contributed by atoms with Gasteiger partial charge in [0.2, 0.25) is 5.88 Å². The highest BCUT2D eigenvalue weighted by atomic mass is 16.5. The van der Waals surface area contributed by atoms with Gasteiger partial charge in [0.05, 0.1) is 6.10 Å². The molecule has 0 radical (unpaired) electrons. The monoisotopic (exact) mass is 222 g/mol. The van der Waals surface area contributed by atoms with Crippen LogP contribution in [0.1, 0.15) is 33.6 Å². The van der Waals surface area contributed by atoms with Gasteiger partial charge < -0.3 is 15.2 Å². The van der Waals surface area contributed by atoms with E-state index in [0.717, 1.165) is 18.6 Å². The van der Waals surface area contributed by atoms with E-state index in [1.54, 1.807) is 12.1 Å². The predicted octanol–water partition coefficient (Wildman–Crippen LogP) is 2.38. The molecule has 1 aromatic heterocycles. The van der Waals surface area contributed by atoms with Crippen molar-refractivity contribution in [2.75, 3.05) is 5.73 Å². The lowest BCUT2D eigenvalue weighted by Crippen LogP contribution is -2.23. The Morgan fingerprint density at radius 1 is 1.31 bits per heavy atom. The Hall–Kier alpha value is -1.45. The molecular weight excluding hydrogens is 204 g/mol. The van der Waals surface area contributed by atoms with Gasteiger partial charge >= 0.3 is 0 Å². The fourth-order valence-corrected chi connectivity index (χ4v) is 1.31. The maximum absolute atomic E-state index is 5.70. The van der Waals surface area contributed by atoms with Crippen LogP contribution >= 0.6 is 0 Å². The fraction of sp³-hybridized carbons (Fsp3) is 0.583. The molecule has 2 rings (SSSR count). The lowest BCUT2D eigenvalue weighted by Gasteiger charge is -2.20. The number of rotatable bonds is 3. The number of ether oxygens (including phenoxy) is 2. The molecule has 4 heteroatoms. The van der Waals surface area contributed by atoms with Crippen LogP contribution in [0.25, 0.3) is 0 Å². The van der Waals surface area contributed by atoms with Gasteiger partial charge in [-0.1, -0.05) is 0 Å². The van der Waals surface area contributed by atoms with Crippen molar-refractivity contribution in [2.45, 2.75) is 45.3 Å². The van der Waals surface area contributed by atoms with Crippen LogP contribution in [0.4, 0.5) is 5.82 Å². The molecule has 1 fully saturated rings. The van der Waals surface area contributed by atoms with Gasteiger partial charge in [0.1, 0.15) is 17.2 Å². The molecule has 0 unspecified atom stereocenters. The third-order valence-electron chi connectivity index (χ3n) is 2.03. The quantitative estimate of drug-likeness (QED) is 0.853. The van der Waals surface area contributed by atoms with Crippen LogP contribution in [0.2, 0.25) is 0 Å². The Balaban J connectivity index is 2.14. The van der Waals surface area contributed by atoms with E-state index in [1.165, 1.54) is 0 Å². The molecule has 1 aromatic rings. The Kier molecular flexibility index (Phi) is 2.66. The molecule has 4 nitrogen and oxygen atoms in total. The van der Waals surface area contributed by atoms with Crippen molar-refractivity contribution < 1.29 is 9.47 Å². The largest absolute Gasteiger partial charge is 0.490 e. The number of nitrogens with two attached hydrogens (primary N) is 1. The van der Waals surface area contributed by atoms with Crippen LogP contribution in [-0.4, -0.2) is 16.7 Å². The first-order valence-corrected chi connectivity index (χ1v) is 5.56. The molecule has 88 valence electrons. The van der Waals surface area contributed by atoms with Crippen LogP contribution in [0.5, 0.6) is 11.6 Å². The van der Waals surface area contributed by atoms with Crippen molar-refractivity contribution in [2.24, 2.45) is 0 Å². The van der Waals surface area contributed by atoms with Gasteiger partial charge in [-0.15, -0.1) is 0 Å². The molecule has 0 atom stereocenters. The van der Waals surface area contributed by atoms with Crippen molar-refractivity contribution in [3.8, 4) is 11.6 Å². The molecule has 0 saturated heterocycles. The van der Waals surface area contributed by atoms with Crippen molar-refractivity contribution in [1.29, 1.82) is 0 Å². The minimum absolute atomic E-state index is 0.280. The zero-order valence-electron chi connectivity index (χ0n) is 9.99. The molecule has 1 heterocycles. The minimum Gasteiger partial charge on any atom is -0.490 e. The Bertz CT molecular complexity index is 381. The van der Waals surface area contributed by atoms with Gasteiger partial charge in [0, 0.05) is 12.1 Å². The van der Waals surface area contributed by atoms with Crippen molar-refractivity contribution in [3.05, 3.63) is 12.1 Å². The van der Waals surface area contributed by atoms with Gasteiger partial charge in [-0.3, -0.25) is 0 Å². The number of aromatic nitrogens is 1. The van der Waals surface area contributed by atoms with Crippen LogP contribution in [-0.2, 0) is 0 Å². The van der Waals surface area contributed by atoms with Gasteiger partial charge in [-0.25, -0.2) is 0 Å². The van der Waals surface area contributed by atoms with Gasteiger partial charge in [-0.2, -0.15) is 4.98 Å². The molecule has 0 aromatic carbocycles. The summed E-state index contributed by atoms with van der Waals surface area (Å²) in [7, 11) is 0. The first-order valence-electron chi connectivity index (χ1n) is 5.56. The summed E-state index contributed by atoms with van der Waals surface area (Å²) in [6, 6.07) is 3.52. The second-order valence-electron chi connectivity index (χ2n) is 5.10. The summed E-state index contributed by atoms with van der Waals surface area (Å²) in [5.74, 6) is 1.69. The average Bonchev–Trinajstić information content (AvgIpc) is 2.82. The number of anilines is 1. The number of pyridine rings is 1. The molecule has 16 heavy (non-hydrogen) atoms. The second-order valence-corrected chi connectivity index (χ2v) is 5.10. The van der Waals surface area contributed by atoms with E-state index < -0.39 is 0 Å². The smallest absolute Gasteiger partial charge is 0.219 e. The lowest BCUT2D eigenvalue weighted by atomic mass is 10.2. The van der Waals surface area contributed by atoms with Crippen LogP contribution in [0.3, 0.4) is 0 Å². The highest BCUT2D eigenvalue weighted by Crippen LogP contribution is 2.30. The zero-order valence-corrected chi connectivity index (χ0v) is 9.99. The molecular formula is C12H18N2O2. The number of hydrogen-bond acceptors (Lipinski definition) is 4. The topological polar surface area (TPSA) is 57.4 Å². The second kappa shape index (κ2) is 3.85. The average molecular weight is 222 g/mol. The summed E-state index contributed by atoms with van der Waals surface area (Å²) in [4.78, 5) is 4.12. The van der Waals surface area contributed by atoms with Crippen molar-refractivity contribution in [1.82, 2.24) is 4.98 Å². The standard InChI is InChI=1S/C12H18N2O2/c1-12(2,3)16-11-7-9(6-10(13)14-11)15-8-4-5-8/h6-8H,4-5H2,1-3H3,(H2,13,14). The Labute approximate surface area is 95.8 Å². The number of hydrogen-bond donors (Lipinski definition) is 1. The van der Waals surface area contributed by atoms with Gasteiger partial charge in [0.15, 0.2) is 0 Å². The number of nitrogen functional groups attached to an aromatic ring is 1. The van der Waals surface area contributed by atoms with E-state index in [4.69, 9.17) is 15.2 Å². The summed E-state index contributed by atoms with van der Waals surface area (Å²) >= 11 is 0. The SMILES string of the molecule is CC(C)(C)Oc1cc(OC2CC2)cc(N)n1. The van der Waals surface area contributed by atoms with E-state index in [9.17, 15) is 0 Å². The zero-order chi connectivity index (χ0) is 11.8. The Morgan fingerprint density at radius 3 is 2.56 bits per heavy atom. The van der Waals surface area contributed by atoms with E-state index >= 15 is 0 Å². The highest BCUT2D eigenvalue weighted by Gasteiger charge is 2.24. The molecule has 1 aliphatic carbocycles. The number of nitrogens with zero attached hydrogens (tertiary/aromatic N) is 1. The minimum atomic E-state index is -0.280. The molecule has 1 saturated carbocycles. The first-order chi connectivity index (χ1) is 7.42. The third-order valence-corrected chi connectivity index (χ3v) is 2.03. The van der Waals surface area contributed by atoms with Crippen LogP contribution < -0.4 is 15.2 Å². The van der Waals surface area contributed by atoms with E-state index in [2.05, 4.69) is 4.98 Å². The predicted molar refractivity (Wildman–Crippen MR) is 62.7 cm³/mol. The molecule has 2 N–H and O–H groups in total. The molecule has 0 spiro atoms. The van der Waals surface area contributed by atoms with Crippen LogP contribution in [0, 0.1) is 0 Å². The van der Waals surface area contributed by atoms with Crippen molar-refractivity contribution in [3.63, 3.8) is 0 Å². The summed E-state index contributed by atoms with van der Waals surface area (Å²) < 4.78 is 11.3. The van der Waals surface area contributed by atoms with Gasteiger partial charge in [-0.05, 0) is 33.6 Å². The summed E-state index contributed by atoms with van der Waals surface area (Å²) in [6.07, 6.45) is 2.60. The maximum Gasteiger partial charge on any atom is 0.219 e. The highest BCUT2D eigenvalue weighted by molar-refractivity contribution is 5.41. The summed E-state index contributed by atoms with van der Waals surface area (Å²) in [5, 5.41) is 0. The molecule has 0 bridgehead atoms. The van der Waals surface area contributed by atoms with Gasteiger partial charge in [0.25, 0.3) is 0 Å². The lowest BCUT2D eigenvalue weighted by molar-refractivity contribution is 0.123. The van der Waals surface area contributed by atoms with E-state index in [0.29, 0.717) is 17.8 Å². The molecule has 1 aliphatic rings. The normalized spacial score (nSPS) is 15.9. The molecule has 0 amide bonds. The summed E-state index contributed by atoms with van der Waals surface area (Å²) in [6.45, 7) is 5.91. The van der Waals surface area contributed by atoms with Crippen molar-refractivity contribution >= 4 is 5.82 Å². The fourth-order valence-electron chi connectivity index (χ4n) is 1.31. The van der Waals surface area contributed by atoms with E-state index in [-0.39, 0.29) is 5.60 Å². The van der Waals surface area contributed by atoms with Crippen LogP contribution in [0.15, 0.2) is 12.1 Å². The Morgan fingerprint density at radius 2 is 2.00 bits per heavy atom.